The monoisotopic (exact) mass is 331 g/mol. The van der Waals surface area contributed by atoms with Crippen molar-refractivity contribution < 1.29 is 18.4 Å². The van der Waals surface area contributed by atoms with Crippen molar-refractivity contribution in [1.29, 1.82) is 0 Å². The summed E-state index contributed by atoms with van der Waals surface area (Å²) in [5.74, 6) is -2.54. The first-order valence-electron chi connectivity index (χ1n) is 7.50. The second-order valence-electron chi connectivity index (χ2n) is 6.51. The highest BCUT2D eigenvalue weighted by atomic mass is 19.2. The lowest BCUT2D eigenvalue weighted by molar-refractivity contribution is 0.0516. The number of hydrogen-bond acceptors (Lipinski definition) is 3. The molecule has 0 fully saturated rings. The number of nitrogens with zero attached hydrogens (tertiary/aromatic N) is 1. The molecule has 0 atom stereocenters. The molecular formula is C19H19F2NO2. The molecule has 0 saturated heterocycles. The van der Waals surface area contributed by atoms with Crippen LogP contribution in [0.4, 0.5) is 8.78 Å². The van der Waals surface area contributed by atoms with Gasteiger partial charge in [0.2, 0.25) is 0 Å². The van der Waals surface area contributed by atoms with Crippen LogP contribution in [0, 0.1) is 11.6 Å². The second-order valence-corrected chi connectivity index (χ2v) is 6.51. The summed E-state index contributed by atoms with van der Waals surface area (Å²) in [6.45, 7) is 7.78. The molecular weight excluding hydrogens is 312 g/mol. The van der Waals surface area contributed by atoms with Crippen molar-refractivity contribution in [3.05, 3.63) is 70.8 Å². The molecule has 0 aliphatic heterocycles. The molecule has 24 heavy (non-hydrogen) atoms. The molecule has 0 aromatic heterocycles. The average molecular weight is 331 g/mol. The summed E-state index contributed by atoms with van der Waals surface area (Å²) in [6, 6.07) is 10.4. The summed E-state index contributed by atoms with van der Waals surface area (Å²) in [6.07, 6.45) is 0. The number of rotatable bonds is 3. The highest BCUT2D eigenvalue weighted by molar-refractivity contribution is 5.99. The molecule has 0 aliphatic rings. The quantitative estimate of drug-likeness (QED) is 0.458. The lowest BCUT2D eigenvalue weighted by Crippen LogP contribution is -2.11. The van der Waals surface area contributed by atoms with Crippen molar-refractivity contribution in [3.63, 3.8) is 0 Å². The van der Waals surface area contributed by atoms with E-state index in [1.807, 2.05) is 12.1 Å². The number of carbonyl (C=O) groups excluding carboxylic acids is 1. The molecule has 0 radical (unpaired) electrons. The Labute approximate surface area is 139 Å². The Kier molecular flexibility index (Phi) is 5.12. The summed E-state index contributed by atoms with van der Waals surface area (Å²) in [5, 5.41) is 3.69. The third-order valence-corrected chi connectivity index (χ3v) is 3.59. The summed E-state index contributed by atoms with van der Waals surface area (Å²) < 4.78 is 26.1. The van der Waals surface area contributed by atoms with Crippen molar-refractivity contribution in [2.24, 2.45) is 5.16 Å². The average Bonchev–Trinajstić information content (AvgIpc) is 2.54. The van der Waals surface area contributed by atoms with Crippen LogP contribution in [0.5, 0.6) is 0 Å². The number of halogens is 2. The largest absolute Gasteiger partial charge is 0.365 e. The molecule has 126 valence electrons. The van der Waals surface area contributed by atoms with Gasteiger partial charge in [-0.2, -0.15) is 0 Å². The van der Waals surface area contributed by atoms with Gasteiger partial charge in [0.1, 0.15) is 0 Å². The zero-order valence-electron chi connectivity index (χ0n) is 14.1. The van der Waals surface area contributed by atoms with Crippen LogP contribution in [-0.4, -0.2) is 11.7 Å². The fraction of sp³-hybridized carbons (Fsp3) is 0.263. The molecule has 5 heteroatoms. The van der Waals surface area contributed by atoms with E-state index in [4.69, 9.17) is 4.84 Å². The Morgan fingerprint density at radius 3 is 2.08 bits per heavy atom. The molecule has 0 N–H and O–H groups in total. The summed E-state index contributed by atoms with van der Waals surface area (Å²) in [4.78, 5) is 16.9. The van der Waals surface area contributed by atoms with Crippen molar-refractivity contribution in [2.45, 2.75) is 33.1 Å². The fourth-order valence-electron chi connectivity index (χ4n) is 2.04. The third kappa shape index (κ3) is 4.25. The predicted molar refractivity (Wildman–Crippen MR) is 89.1 cm³/mol. The van der Waals surface area contributed by atoms with Crippen LogP contribution in [0.3, 0.4) is 0 Å². The van der Waals surface area contributed by atoms with Crippen LogP contribution >= 0.6 is 0 Å². The first-order valence-corrected chi connectivity index (χ1v) is 7.50. The lowest BCUT2D eigenvalue weighted by atomic mass is 9.87. The molecule has 2 aromatic rings. The van der Waals surface area contributed by atoms with Gasteiger partial charge in [-0.3, -0.25) is 0 Å². The van der Waals surface area contributed by atoms with Gasteiger partial charge in [0.15, 0.2) is 11.6 Å². The van der Waals surface area contributed by atoms with Crippen molar-refractivity contribution in [2.75, 3.05) is 0 Å². The van der Waals surface area contributed by atoms with Gasteiger partial charge in [-0.15, -0.1) is 0 Å². The normalized spacial score (nSPS) is 12.2. The predicted octanol–water partition coefficient (Wildman–Crippen LogP) is 4.84. The van der Waals surface area contributed by atoms with Gasteiger partial charge in [0, 0.05) is 5.56 Å². The van der Waals surface area contributed by atoms with Gasteiger partial charge in [0.05, 0.1) is 11.3 Å². The van der Waals surface area contributed by atoms with Crippen LogP contribution < -0.4 is 0 Å². The van der Waals surface area contributed by atoms with Crippen molar-refractivity contribution in [1.82, 2.24) is 0 Å². The minimum absolute atomic E-state index is 0.0101. The van der Waals surface area contributed by atoms with Gasteiger partial charge in [-0.1, -0.05) is 38.1 Å². The third-order valence-electron chi connectivity index (χ3n) is 3.59. The lowest BCUT2D eigenvalue weighted by Gasteiger charge is -2.18. The number of benzene rings is 2. The van der Waals surface area contributed by atoms with Crippen LogP contribution in [0.1, 0.15) is 49.2 Å². The van der Waals surface area contributed by atoms with Gasteiger partial charge < -0.3 is 4.84 Å². The molecule has 3 nitrogen and oxygen atoms in total. The summed E-state index contributed by atoms with van der Waals surface area (Å²) in [5.41, 5.74) is 2.06. The molecule has 2 aromatic carbocycles. The Hall–Kier alpha value is -2.56. The SMILES string of the molecule is C/C(=N/OC(=O)c1ccc(C(C)(C)C)cc1)c1ccc(F)c(F)c1. The first kappa shape index (κ1) is 17.8. The maximum absolute atomic E-state index is 13.2. The van der Waals surface area contributed by atoms with Crippen LogP contribution in [0.2, 0.25) is 0 Å². The van der Waals surface area contributed by atoms with Crippen molar-refractivity contribution >= 4 is 11.7 Å². The Morgan fingerprint density at radius 2 is 1.54 bits per heavy atom. The maximum Gasteiger partial charge on any atom is 0.365 e. The van der Waals surface area contributed by atoms with E-state index < -0.39 is 17.6 Å². The number of oxime groups is 1. The molecule has 0 amide bonds. The second kappa shape index (κ2) is 6.91. The van der Waals surface area contributed by atoms with E-state index in [2.05, 4.69) is 25.9 Å². The van der Waals surface area contributed by atoms with E-state index in [1.165, 1.54) is 6.07 Å². The molecule has 0 heterocycles. The molecule has 0 spiro atoms. The summed E-state index contributed by atoms with van der Waals surface area (Å²) >= 11 is 0. The molecule has 0 aliphatic carbocycles. The molecule has 2 rings (SSSR count). The number of carbonyl (C=O) groups is 1. The Morgan fingerprint density at radius 1 is 0.958 bits per heavy atom. The van der Waals surface area contributed by atoms with Crippen LogP contribution in [0.25, 0.3) is 0 Å². The van der Waals surface area contributed by atoms with Gasteiger partial charge in [-0.05, 0) is 48.2 Å². The fourth-order valence-corrected chi connectivity index (χ4v) is 2.04. The standard InChI is InChI=1S/C19H19F2NO2/c1-12(14-7-10-16(20)17(21)11-14)22-24-18(23)13-5-8-15(9-6-13)19(2,3)4/h5-11H,1-4H3/b22-12-. The van der Waals surface area contributed by atoms with E-state index in [1.54, 1.807) is 19.1 Å². The summed E-state index contributed by atoms with van der Waals surface area (Å²) in [7, 11) is 0. The Bertz CT molecular complexity index is 775. The van der Waals surface area contributed by atoms with Crippen molar-refractivity contribution in [3.8, 4) is 0 Å². The van der Waals surface area contributed by atoms with Gasteiger partial charge in [0.25, 0.3) is 0 Å². The minimum atomic E-state index is -0.980. The first-order chi connectivity index (χ1) is 11.2. The van der Waals surface area contributed by atoms with E-state index in [-0.39, 0.29) is 11.1 Å². The zero-order chi connectivity index (χ0) is 17.9. The van der Waals surface area contributed by atoms with E-state index in [9.17, 15) is 13.6 Å². The highest BCUT2D eigenvalue weighted by Crippen LogP contribution is 2.22. The molecule has 0 unspecified atom stereocenters. The van der Waals surface area contributed by atoms with E-state index >= 15 is 0 Å². The smallest absolute Gasteiger partial charge is 0.313 e. The molecule has 0 bridgehead atoms. The van der Waals surface area contributed by atoms with Crippen LogP contribution in [0.15, 0.2) is 47.6 Å². The zero-order valence-corrected chi connectivity index (χ0v) is 14.1. The van der Waals surface area contributed by atoms with Gasteiger partial charge >= 0.3 is 5.97 Å². The Balaban J connectivity index is 2.10. The van der Waals surface area contributed by atoms with Crippen LogP contribution in [-0.2, 0) is 10.3 Å². The van der Waals surface area contributed by atoms with E-state index in [0.717, 1.165) is 17.7 Å². The van der Waals surface area contributed by atoms with Gasteiger partial charge in [-0.25, -0.2) is 13.6 Å². The topological polar surface area (TPSA) is 38.7 Å². The van der Waals surface area contributed by atoms with E-state index in [0.29, 0.717) is 11.1 Å². The minimum Gasteiger partial charge on any atom is -0.313 e. The number of hydrogen-bond donors (Lipinski definition) is 0. The molecule has 0 saturated carbocycles. The highest BCUT2D eigenvalue weighted by Gasteiger charge is 2.15. The maximum atomic E-state index is 13.2.